The Labute approximate surface area is 133 Å². The zero-order valence-electron chi connectivity index (χ0n) is 13.7. The SMILES string of the molecule is CN=C(NCCNS(=O)(=O)c1ccc(C)cc1)NCC(C)C. The summed E-state index contributed by atoms with van der Waals surface area (Å²) in [5.41, 5.74) is 1.03. The Hall–Kier alpha value is -1.60. The first-order valence-electron chi connectivity index (χ1n) is 7.36. The van der Waals surface area contributed by atoms with Gasteiger partial charge in [0.2, 0.25) is 10.0 Å². The van der Waals surface area contributed by atoms with E-state index in [1.807, 2.05) is 6.92 Å². The molecule has 1 rings (SSSR count). The van der Waals surface area contributed by atoms with E-state index < -0.39 is 10.0 Å². The molecule has 0 saturated heterocycles. The smallest absolute Gasteiger partial charge is 0.240 e. The minimum atomic E-state index is -3.46. The third-order valence-corrected chi connectivity index (χ3v) is 4.42. The molecule has 0 aliphatic rings. The molecule has 0 aliphatic heterocycles. The van der Waals surface area contributed by atoms with E-state index in [0.717, 1.165) is 12.1 Å². The summed E-state index contributed by atoms with van der Waals surface area (Å²) in [6, 6.07) is 6.78. The lowest BCUT2D eigenvalue weighted by Gasteiger charge is -2.13. The molecule has 0 saturated carbocycles. The summed E-state index contributed by atoms with van der Waals surface area (Å²) in [5, 5.41) is 6.24. The monoisotopic (exact) mass is 326 g/mol. The number of guanidine groups is 1. The topological polar surface area (TPSA) is 82.6 Å². The Morgan fingerprint density at radius 1 is 1.14 bits per heavy atom. The number of hydrogen-bond acceptors (Lipinski definition) is 3. The van der Waals surface area contributed by atoms with Crippen LogP contribution < -0.4 is 15.4 Å². The van der Waals surface area contributed by atoms with Crippen LogP contribution in [0.5, 0.6) is 0 Å². The number of nitrogens with zero attached hydrogens (tertiary/aromatic N) is 1. The Morgan fingerprint density at radius 3 is 2.32 bits per heavy atom. The normalized spacial score (nSPS) is 12.5. The highest BCUT2D eigenvalue weighted by Gasteiger charge is 2.12. The Kier molecular flexibility index (Phi) is 7.34. The minimum Gasteiger partial charge on any atom is -0.356 e. The summed E-state index contributed by atoms with van der Waals surface area (Å²) in [5.74, 6) is 1.18. The van der Waals surface area contributed by atoms with Crippen molar-refractivity contribution in [1.29, 1.82) is 0 Å². The molecule has 0 unspecified atom stereocenters. The molecule has 22 heavy (non-hydrogen) atoms. The fourth-order valence-corrected chi connectivity index (χ4v) is 2.72. The summed E-state index contributed by atoms with van der Waals surface area (Å²) in [6.07, 6.45) is 0. The highest BCUT2D eigenvalue weighted by molar-refractivity contribution is 7.89. The molecule has 0 radical (unpaired) electrons. The van der Waals surface area contributed by atoms with E-state index in [1.54, 1.807) is 31.3 Å². The van der Waals surface area contributed by atoms with Gasteiger partial charge in [-0.15, -0.1) is 0 Å². The molecule has 7 heteroatoms. The molecule has 0 heterocycles. The van der Waals surface area contributed by atoms with Gasteiger partial charge in [0, 0.05) is 26.7 Å². The maximum absolute atomic E-state index is 12.1. The number of hydrogen-bond donors (Lipinski definition) is 3. The van der Waals surface area contributed by atoms with Gasteiger partial charge in [-0.2, -0.15) is 0 Å². The van der Waals surface area contributed by atoms with Gasteiger partial charge >= 0.3 is 0 Å². The molecule has 124 valence electrons. The van der Waals surface area contributed by atoms with Crippen LogP contribution in [-0.2, 0) is 10.0 Å². The number of nitrogens with one attached hydrogen (secondary N) is 3. The molecule has 0 aliphatic carbocycles. The fraction of sp³-hybridized carbons (Fsp3) is 0.533. The zero-order valence-corrected chi connectivity index (χ0v) is 14.5. The molecule has 0 fully saturated rings. The molecule has 0 bridgehead atoms. The Bertz CT molecular complexity index is 580. The summed E-state index contributed by atoms with van der Waals surface area (Å²) in [4.78, 5) is 4.36. The van der Waals surface area contributed by atoms with Crippen LogP contribution in [0.25, 0.3) is 0 Å². The van der Waals surface area contributed by atoms with E-state index in [0.29, 0.717) is 25.0 Å². The van der Waals surface area contributed by atoms with E-state index in [2.05, 4.69) is 34.2 Å². The standard InChI is InChI=1S/C15H26N4O2S/c1-12(2)11-18-15(16-4)17-9-10-19-22(20,21)14-7-5-13(3)6-8-14/h5-8,12,19H,9-11H2,1-4H3,(H2,16,17,18). The van der Waals surface area contributed by atoms with Gasteiger partial charge < -0.3 is 10.6 Å². The van der Waals surface area contributed by atoms with Crippen molar-refractivity contribution in [2.45, 2.75) is 25.7 Å². The number of benzene rings is 1. The highest BCUT2D eigenvalue weighted by Crippen LogP contribution is 2.09. The molecule has 1 aromatic rings. The Morgan fingerprint density at radius 2 is 1.77 bits per heavy atom. The van der Waals surface area contributed by atoms with Gasteiger partial charge in [0.15, 0.2) is 5.96 Å². The second kappa shape index (κ2) is 8.75. The van der Waals surface area contributed by atoms with E-state index in [-0.39, 0.29) is 4.90 Å². The van der Waals surface area contributed by atoms with Gasteiger partial charge in [-0.05, 0) is 25.0 Å². The predicted molar refractivity (Wildman–Crippen MR) is 90.6 cm³/mol. The molecular weight excluding hydrogens is 300 g/mol. The van der Waals surface area contributed by atoms with Gasteiger partial charge in [-0.25, -0.2) is 13.1 Å². The van der Waals surface area contributed by atoms with E-state index in [4.69, 9.17) is 0 Å². The van der Waals surface area contributed by atoms with Crippen LogP contribution in [0.2, 0.25) is 0 Å². The largest absolute Gasteiger partial charge is 0.356 e. The first kappa shape index (κ1) is 18.4. The van der Waals surface area contributed by atoms with Gasteiger partial charge in [0.05, 0.1) is 4.90 Å². The fourth-order valence-electron chi connectivity index (χ4n) is 1.69. The number of rotatable bonds is 7. The summed E-state index contributed by atoms with van der Waals surface area (Å²) in [6.45, 7) is 7.70. The first-order valence-corrected chi connectivity index (χ1v) is 8.84. The lowest BCUT2D eigenvalue weighted by molar-refractivity contribution is 0.579. The van der Waals surface area contributed by atoms with Crippen LogP contribution in [-0.4, -0.2) is 41.1 Å². The summed E-state index contributed by atoms with van der Waals surface area (Å²) in [7, 11) is -1.77. The van der Waals surface area contributed by atoms with Crippen LogP contribution in [0.1, 0.15) is 19.4 Å². The molecular formula is C15H26N4O2S. The van der Waals surface area contributed by atoms with Gasteiger partial charge in [0.1, 0.15) is 0 Å². The van der Waals surface area contributed by atoms with Gasteiger partial charge in [0.25, 0.3) is 0 Å². The van der Waals surface area contributed by atoms with Crippen LogP contribution >= 0.6 is 0 Å². The van der Waals surface area contributed by atoms with E-state index in [9.17, 15) is 8.42 Å². The maximum atomic E-state index is 12.1. The molecule has 0 atom stereocenters. The van der Waals surface area contributed by atoms with Gasteiger partial charge in [-0.3, -0.25) is 4.99 Å². The molecule has 1 aromatic carbocycles. The van der Waals surface area contributed by atoms with Crippen molar-refractivity contribution >= 4 is 16.0 Å². The van der Waals surface area contributed by atoms with Gasteiger partial charge in [-0.1, -0.05) is 31.5 Å². The quantitative estimate of drug-likeness (QED) is 0.398. The first-order chi connectivity index (χ1) is 10.3. The number of aliphatic imine (C=N–C) groups is 1. The predicted octanol–water partition coefficient (Wildman–Crippen LogP) is 1.09. The summed E-state index contributed by atoms with van der Waals surface area (Å²) >= 11 is 0. The molecule has 0 amide bonds. The average Bonchev–Trinajstić information content (AvgIpc) is 2.46. The van der Waals surface area contributed by atoms with Crippen molar-refractivity contribution in [3.63, 3.8) is 0 Å². The minimum absolute atomic E-state index is 0.278. The molecule has 6 nitrogen and oxygen atoms in total. The molecule has 0 aromatic heterocycles. The van der Waals surface area contributed by atoms with E-state index >= 15 is 0 Å². The summed E-state index contributed by atoms with van der Waals surface area (Å²) < 4.78 is 26.7. The van der Waals surface area contributed by atoms with Crippen molar-refractivity contribution in [3.8, 4) is 0 Å². The van der Waals surface area contributed by atoms with Crippen LogP contribution in [0, 0.1) is 12.8 Å². The van der Waals surface area contributed by atoms with Crippen molar-refractivity contribution in [2.75, 3.05) is 26.7 Å². The number of sulfonamides is 1. The zero-order chi connectivity index (χ0) is 16.6. The third kappa shape index (κ3) is 6.44. The van der Waals surface area contributed by atoms with Crippen LogP contribution in [0.15, 0.2) is 34.2 Å². The lowest BCUT2D eigenvalue weighted by atomic mass is 10.2. The second-order valence-electron chi connectivity index (χ2n) is 5.48. The number of aryl methyl sites for hydroxylation is 1. The van der Waals surface area contributed by atoms with Crippen molar-refractivity contribution in [3.05, 3.63) is 29.8 Å². The highest BCUT2D eigenvalue weighted by atomic mass is 32.2. The molecule has 3 N–H and O–H groups in total. The maximum Gasteiger partial charge on any atom is 0.240 e. The Balaban J connectivity index is 2.41. The van der Waals surface area contributed by atoms with Crippen molar-refractivity contribution < 1.29 is 8.42 Å². The lowest BCUT2D eigenvalue weighted by Crippen LogP contribution is -2.42. The third-order valence-electron chi connectivity index (χ3n) is 2.94. The van der Waals surface area contributed by atoms with Crippen LogP contribution in [0.4, 0.5) is 0 Å². The second-order valence-corrected chi connectivity index (χ2v) is 7.25. The average molecular weight is 326 g/mol. The van der Waals surface area contributed by atoms with E-state index in [1.165, 1.54) is 0 Å². The molecule has 0 spiro atoms. The van der Waals surface area contributed by atoms with Crippen molar-refractivity contribution in [2.24, 2.45) is 10.9 Å². The van der Waals surface area contributed by atoms with Crippen LogP contribution in [0.3, 0.4) is 0 Å². The van der Waals surface area contributed by atoms with Crippen molar-refractivity contribution in [1.82, 2.24) is 15.4 Å².